The minimum atomic E-state index is 0.535. The zero-order chi connectivity index (χ0) is 14.4. The third kappa shape index (κ3) is 4.80. The SMILES string of the molecule is COc1c(C)cnc(CN(C)CCNC(C)C)c1C. The topological polar surface area (TPSA) is 37.4 Å². The standard InChI is InChI=1S/C15H27N3O/c1-11(2)16-7-8-18(5)10-14-13(4)15(19-6)12(3)9-17-14/h9,11,16H,7-8,10H2,1-6H3. The van der Waals surface area contributed by atoms with Gasteiger partial charge in [-0.15, -0.1) is 0 Å². The molecule has 0 saturated carbocycles. The molecule has 0 amide bonds. The molecule has 108 valence electrons. The molecule has 0 aliphatic carbocycles. The first kappa shape index (κ1) is 15.9. The summed E-state index contributed by atoms with van der Waals surface area (Å²) in [5.41, 5.74) is 3.33. The van der Waals surface area contributed by atoms with Crippen LogP contribution < -0.4 is 10.1 Å². The van der Waals surface area contributed by atoms with Gasteiger partial charge in [0.2, 0.25) is 0 Å². The second-order valence-corrected chi connectivity index (χ2v) is 5.39. The fraction of sp³-hybridized carbons (Fsp3) is 0.667. The largest absolute Gasteiger partial charge is 0.496 e. The van der Waals surface area contributed by atoms with Crippen LogP contribution in [0.25, 0.3) is 0 Å². The van der Waals surface area contributed by atoms with Gasteiger partial charge in [-0.1, -0.05) is 13.8 Å². The predicted octanol–water partition coefficient (Wildman–Crippen LogP) is 2.14. The Balaban J connectivity index is 2.62. The molecule has 19 heavy (non-hydrogen) atoms. The zero-order valence-corrected chi connectivity index (χ0v) is 13.1. The predicted molar refractivity (Wildman–Crippen MR) is 79.7 cm³/mol. The van der Waals surface area contributed by atoms with Crippen molar-refractivity contribution in [3.8, 4) is 5.75 Å². The summed E-state index contributed by atoms with van der Waals surface area (Å²) in [4.78, 5) is 6.80. The summed E-state index contributed by atoms with van der Waals surface area (Å²) in [6.45, 7) is 11.3. The van der Waals surface area contributed by atoms with E-state index < -0.39 is 0 Å². The first-order chi connectivity index (χ1) is 8.95. The Morgan fingerprint density at radius 2 is 2.05 bits per heavy atom. The molecule has 0 aliphatic rings. The van der Waals surface area contributed by atoms with Crippen molar-refractivity contribution in [2.24, 2.45) is 0 Å². The second kappa shape index (κ2) is 7.46. The molecule has 0 aromatic carbocycles. The van der Waals surface area contributed by atoms with Crippen LogP contribution in [-0.2, 0) is 6.54 Å². The van der Waals surface area contributed by atoms with Crippen LogP contribution in [0.3, 0.4) is 0 Å². The molecule has 0 spiro atoms. The molecule has 0 radical (unpaired) electrons. The van der Waals surface area contributed by atoms with Crippen molar-refractivity contribution in [1.29, 1.82) is 0 Å². The first-order valence-corrected chi connectivity index (χ1v) is 6.86. The van der Waals surface area contributed by atoms with Crippen LogP contribution in [0, 0.1) is 13.8 Å². The van der Waals surface area contributed by atoms with E-state index in [0.29, 0.717) is 6.04 Å². The van der Waals surface area contributed by atoms with E-state index in [0.717, 1.165) is 42.2 Å². The monoisotopic (exact) mass is 265 g/mol. The summed E-state index contributed by atoms with van der Waals surface area (Å²) < 4.78 is 5.44. The summed E-state index contributed by atoms with van der Waals surface area (Å²) in [5, 5.41) is 3.42. The van der Waals surface area contributed by atoms with E-state index >= 15 is 0 Å². The van der Waals surface area contributed by atoms with Crippen molar-refractivity contribution < 1.29 is 4.74 Å². The molecule has 0 unspecified atom stereocenters. The maximum absolute atomic E-state index is 5.44. The van der Waals surface area contributed by atoms with Crippen molar-refractivity contribution in [1.82, 2.24) is 15.2 Å². The van der Waals surface area contributed by atoms with Crippen molar-refractivity contribution >= 4 is 0 Å². The molecule has 4 heteroatoms. The highest BCUT2D eigenvalue weighted by Crippen LogP contribution is 2.24. The lowest BCUT2D eigenvalue weighted by molar-refractivity contribution is 0.314. The van der Waals surface area contributed by atoms with Gasteiger partial charge in [-0.2, -0.15) is 0 Å². The summed E-state index contributed by atoms with van der Waals surface area (Å²) in [6.07, 6.45) is 1.89. The van der Waals surface area contributed by atoms with Crippen LogP contribution in [0.1, 0.15) is 30.7 Å². The van der Waals surface area contributed by atoms with E-state index in [-0.39, 0.29) is 0 Å². The highest BCUT2D eigenvalue weighted by molar-refractivity contribution is 5.40. The number of methoxy groups -OCH3 is 1. The second-order valence-electron chi connectivity index (χ2n) is 5.39. The Morgan fingerprint density at radius 3 is 2.63 bits per heavy atom. The fourth-order valence-electron chi connectivity index (χ4n) is 2.11. The van der Waals surface area contributed by atoms with E-state index in [1.807, 2.05) is 13.1 Å². The number of rotatable bonds is 7. The lowest BCUT2D eigenvalue weighted by Crippen LogP contribution is -2.32. The van der Waals surface area contributed by atoms with Crippen molar-refractivity contribution in [2.75, 3.05) is 27.2 Å². The summed E-state index contributed by atoms with van der Waals surface area (Å²) in [5.74, 6) is 0.957. The maximum Gasteiger partial charge on any atom is 0.128 e. The number of hydrogen-bond donors (Lipinski definition) is 1. The number of hydrogen-bond acceptors (Lipinski definition) is 4. The molecule has 0 fully saturated rings. The number of nitrogens with one attached hydrogen (secondary N) is 1. The van der Waals surface area contributed by atoms with E-state index in [1.165, 1.54) is 0 Å². The van der Waals surface area contributed by atoms with E-state index in [2.05, 4.69) is 43.0 Å². The van der Waals surface area contributed by atoms with Gasteiger partial charge in [0.1, 0.15) is 5.75 Å². The number of aryl methyl sites for hydroxylation is 1. The normalized spacial score (nSPS) is 11.4. The lowest BCUT2D eigenvalue weighted by atomic mass is 10.1. The molecule has 1 aromatic heterocycles. The third-order valence-corrected chi connectivity index (χ3v) is 3.22. The Hall–Kier alpha value is -1.13. The number of likely N-dealkylation sites (N-methyl/N-ethyl adjacent to an activating group) is 1. The van der Waals surface area contributed by atoms with Gasteiger partial charge in [-0.25, -0.2) is 0 Å². The number of nitrogens with zero attached hydrogens (tertiary/aromatic N) is 2. The Kier molecular flexibility index (Phi) is 6.25. The van der Waals surface area contributed by atoms with Crippen molar-refractivity contribution in [3.05, 3.63) is 23.0 Å². The van der Waals surface area contributed by atoms with Crippen molar-refractivity contribution in [3.63, 3.8) is 0 Å². The Morgan fingerprint density at radius 1 is 1.37 bits per heavy atom. The molecule has 4 nitrogen and oxygen atoms in total. The van der Waals surface area contributed by atoms with Gasteiger partial charge in [-0.05, 0) is 20.9 Å². The number of ether oxygens (including phenoxy) is 1. The molecule has 1 heterocycles. The van der Waals surface area contributed by atoms with Gasteiger partial charge in [0.25, 0.3) is 0 Å². The molecule has 0 bridgehead atoms. The molecule has 1 rings (SSSR count). The van der Waals surface area contributed by atoms with Crippen LogP contribution in [-0.4, -0.2) is 43.2 Å². The van der Waals surface area contributed by atoms with Crippen molar-refractivity contribution in [2.45, 2.75) is 40.3 Å². The minimum absolute atomic E-state index is 0.535. The van der Waals surface area contributed by atoms with E-state index in [4.69, 9.17) is 4.74 Å². The van der Waals surface area contributed by atoms with Crippen LogP contribution >= 0.6 is 0 Å². The van der Waals surface area contributed by atoms with Gasteiger partial charge in [-0.3, -0.25) is 9.88 Å². The van der Waals surface area contributed by atoms with E-state index in [9.17, 15) is 0 Å². The van der Waals surface area contributed by atoms with Gasteiger partial charge in [0.05, 0.1) is 12.8 Å². The Bertz CT molecular complexity index is 405. The van der Waals surface area contributed by atoms with Crippen LogP contribution in [0.15, 0.2) is 6.20 Å². The van der Waals surface area contributed by atoms with Gasteiger partial charge < -0.3 is 10.1 Å². The van der Waals surface area contributed by atoms with Crippen LogP contribution in [0.2, 0.25) is 0 Å². The summed E-state index contributed by atoms with van der Waals surface area (Å²) >= 11 is 0. The van der Waals surface area contributed by atoms with Gasteiger partial charge in [0.15, 0.2) is 0 Å². The molecular formula is C15H27N3O. The molecule has 1 aromatic rings. The quantitative estimate of drug-likeness (QED) is 0.819. The van der Waals surface area contributed by atoms with Gasteiger partial charge in [0, 0.05) is 43.0 Å². The Labute approximate surface area is 117 Å². The number of pyridine rings is 1. The molecular weight excluding hydrogens is 238 g/mol. The number of aromatic nitrogens is 1. The van der Waals surface area contributed by atoms with Gasteiger partial charge >= 0.3 is 0 Å². The first-order valence-electron chi connectivity index (χ1n) is 6.86. The maximum atomic E-state index is 5.44. The van der Waals surface area contributed by atoms with E-state index in [1.54, 1.807) is 7.11 Å². The fourth-order valence-corrected chi connectivity index (χ4v) is 2.11. The lowest BCUT2D eigenvalue weighted by Gasteiger charge is -2.20. The average molecular weight is 265 g/mol. The van der Waals surface area contributed by atoms with Crippen LogP contribution in [0.5, 0.6) is 5.75 Å². The van der Waals surface area contributed by atoms with Crippen LogP contribution in [0.4, 0.5) is 0 Å². The molecule has 0 atom stereocenters. The highest BCUT2D eigenvalue weighted by Gasteiger charge is 2.11. The molecule has 1 N–H and O–H groups in total. The zero-order valence-electron chi connectivity index (χ0n) is 13.1. The smallest absolute Gasteiger partial charge is 0.128 e. The molecule has 0 aliphatic heterocycles. The molecule has 0 saturated heterocycles. The summed E-state index contributed by atoms with van der Waals surface area (Å²) in [6, 6.07) is 0.535. The average Bonchev–Trinajstić information content (AvgIpc) is 2.33. The third-order valence-electron chi connectivity index (χ3n) is 3.22. The highest BCUT2D eigenvalue weighted by atomic mass is 16.5. The minimum Gasteiger partial charge on any atom is -0.496 e. The summed E-state index contributed by atoms with van der Waals surface area (Å²) in [7, 11) is 3.84.